The van der Waals surface area contributed by atoms with Crippen molar-refractivity contribution in [1.29, 1.82) is 0 Å². The molecule has 0 unspecified atom stereocenters. The van der Waals surface area contributed by atoms with Crippen LogP contribution in [0.25, 0.3) is 0 Å². The summed E-state index contributed by atoms with van der Waals surface area (Å²) in [7, 11) is 0. The van der Waals surface area contributed by atoms with Crippen LogP contribution in [0.5, 0.6) is 0 Å². The molecule has 1 fully saturated rings. The van der Waals surface area contributed by atoms with Crippen LogP contribution >= 0.6 is 0 Å². The van der Waals surface area contributed by atoms with Crippen LogP contribution in [-0.4, -0.2) is 120 Å². The van der Waals surface area contributed by atoms with Gasteiger partial charge in [-0.25, -0.2) is 4.79 Å². The zero-order valence-corrected chi connectivity index (χ0v) is 35.0. The fourth-order valence-electron chi connectivity index (χ4n) is 6.25. The van der Waals surface area contributed by atoms with Gasteiger partial charge in [0.25, 0.3) is 0 Å². The molecule has 1 aliphatic heterocycles. The molecule has 0 aliphatic carbocycles. The first-order valence-corrected chi connectivity index (χ1v) is 20.2. The molecule has 1 heterocycles. The summed E-state index contributed by atoms with van der Waals surface area (Å²) in [6.45, 7) is 14.5. The van der Waals surface area contributed by atoms with E-state index in [9.17, 15) is 43.8 Å². The Hall–Kier alpha value is -4.52. The number of nitrogens with two attached hydrogens (primary N) is 2. The first-order chi connectivity index (χ1) is 26.7. The van der Waals surface area contributed by atoms with Crippen molar-refractivity contribution in [3.05, 3.63) is 0 Å². The molecular weight excluding hydrogens is 740 g/mol. The maximum absolute atomic E-state index is 13.9. The predicted molar refractivity (Wildman–Crippen MR) is 215 cm³/mol. The van der Waals surface area contributed by atoms with Crippen LogP contribution in [0.15, 0.2) is 4.99 Å². The highest BCUT2D eigenvalue weighted by Crippen LogP contribution is 2.14. The smallest absolute Gasteiger partial charge is 0.326 e. The summed E-state index contributed by atoms with van der Waals surface area (Å²) in [6, 6.07) is -7.68. The van der Waals surface area contributed by atoms with Crippen LogP contribution in [0.2, 0.25) is 0 Å². The minimum atomic E-state index is -1.57. The Bertz CT molecular complexity index is 1370. The molecule has 19 heteroatoms. The van der Waals surface area contributed by atoms with E-state index in [0.29, 0.717) is 32.2 Å². The Morgan fingerprint density at radius 2 is 1.16 bits per heavy atom. The SMILES string of the molecule is CC[C@H](C)[C@H](NC(=O)[C@H](CCCN=C(N)N)NC(=O)[C@H](CO)NC(=O)[C@H](CC(C)C)NC(=O)[C@@H](NC(=O)[C@H](CC(C)C)NC(=O)[C@@H]1CCCN1)[C@@H](C)CC)C(=O)O. The van der Waals surface area contributed by atoms with Gasteiger partial charge in [0.2, 0.25) is 35.4 Å². The van der Waals surface area contributed by atoms with Gasteiger partial charge in [-0.05, 0) is 68.7 Å². The summed E-state index contributed by atoms with van der Waals surface area (Å²) >= 11 is 0. The van der Waals surface area contributed by atoms with Crippen LogP contribution in [-0.2, 0) is 33.6 Å². The number of nitrogens with one attached hydrogen (secondary N) is 7. The molecule has 0 bridgehead atoms. The van der Waals surface area contributed by atoms with Crippen molar-refractivity contribution >= 4 is 47.4 Å². The standard InChI is InChI=1S/C38H70N10O9/c1-9-22(7)29(47-34(53)27(18-21(5)6)44-31(50)24-13-11-15-41-24)36(55)45-26(17-20(3)4)33(52)46-28(19-49)35(54)43-25(14-12-16-42-38(39)40)32(51)48-30(37(56)57)23(8)10-2/h20-30,41,49H,9-19H2,1-8H3,(H,43,54)(H,44,50)(H,45,55)(H,46,52)(H,47,53)(H,48,51)(H,56,57)(H4,39,40,42)/t22-,23-,24-,25-,26-,27-,28-,29-,30-/m0/s1. The summed E-state index contributed by atoms with van der Waals surface area (Å²) < 4.78 is 0. The lowest BCUT2D eigenvalue weighted by atomic mass is 9.95. The van der Waals surface area contributed by atoms with Crippen LogP contribution in [0.4, 0.5) is 0 Å². The first-order valence-electron chi connectivity index (χ1n) is 20.2. The number of hydrogen-bond acceptors (Lipinski definition) is 10. The number of guanidine groups is 1. The molecule has 1 rings (SSSR count). The minimum Gasteiger partial charge on any atom is -0.480 e. The van der Waals surface area contributed by atoms with Gasteiger partial charge in [0, 0.05) is 6.54 Å². The van der Waals surface area contributed by atoms with E-state index in [-0.39, 0.29) is 55.4 Å². The zero-order chi connectivity index (χ0) is 43.4. The number of aliphatic hydroxyl groups excluding tert-OH is 1. The van der Waals surface area contributed by atoms with E-state index in [1.807, 2.05) is 34.6 Å². The van der Waals surface area contributed by atoms with Crippen molar-refractivity contribution in [3.8, 4) is 0 Å². The predicted octanol–water partition coefficient (Wildman–Crippen LogP) is -1.04. The van der Waals surface area contributed by atoms with Crippen molar-refractivity contribution in [2.45, 2.75) is 149 Å². The molecular formula is C38H70N10O9. The third-order valence-corrected chi connectivity index (χ3v) is 10.0. The highest BCUT2D eigenvalue weighted by Gasteiger charge is 2.36. The van der Waals surface area contributed by atoms with Crippen molar-refractivity contribution in [2.75, 3.05) is 19.7 Å². The Kier molecular flexibility index (Phi) is 22.7. The summed E-state index contributed by atoms with van der Waals surface area (Å²) in [4.78, 5) is 96.8. The fourth-order valence-corrected chi connectivity index (χ4v) is 6.25. The van der Waals surface area contributed by atoms with Crippen LogP contribution in [0.1, 0.15) is 107 Å². The van der Waals surface area contributed by atoms with E-state index in [0.717, 1.165) is 6.42 Å². The van der Waals surface area contributed by atoms with Gasteiger partial charge in [0.1, 0.15) is 36.3 Å². The van der Waals surface area contributed by atoms with Crippen molar-refractivity contribution < 1.29 is 43.8 Å². The lowest BCUT2D eigenvalue weighted by Crippen LogP contribution is -2.61. The fraction of sp³-hybridized carbons (Fsp3) is 0.789. The number of rotatable bonds is 26. The van der Waals surface area contributed by atoms with Crippen LogP contribution in [0, 0.1) is 23.7 Å². The van der Waals surface area contributed by atoms with E-state index in [1.165, 1.54) is 0 Å². The molecule has 57 heavy (non-hydrogen) atoms. The van der Waals surface area contributed by atoms with Gasteiger partial charge in [-0.15, -0.1) is 0 Å². The molecule has 326 valence electrons. The molecule has 9 atom stereocenters. The number of carbonyl (C=O) groups excluding carboxylic acids is 6. The van der Waals surface area contributed by atoms with Crippen molar-refractivity contribution in [2.24, 2.45) is 40.1 Å². The summed E-state index contributed by atoms with van der Waals surface area (Å²) in [6.07, 6.45) is 3.10. The van der Waals surface area contributed by atoms with Gasteiger partial charge < -0.3 is 58.9 Å². The molecule has 0 radical (unpaired) electrons. The van der Waals surface area contributed by atoms with Crippen LogP contribution in [0.3, 0.4) is 0 Å². The first kappa shape index (κ1) is 50.5. The number of hydrogen-bond donors (Lipinski definition) is 11. The quantitative estimate of drug-likeness (QED) is 0.0284. The van der Waals surface area contributed by atoms with E-state index in [4.69, 9.17) is 11.5 Å². The van der Waals surface area contributed by atoms with Crippen molar-refractivity contribution in [1.82, 2.24) is 37.2 Å². The number of aliphatic imine (C=N–C) groups is 1. The van der Waals surface area contributed by atoms with E-state index < -0.39 is 90.3 Å². The van der Waals surface area contributed by atoms with E-state index in [1.54, 1.807) is 20.8 Å². The number of carboxylic acids is 1. The third kappa shape index (κ3) is 18.1. The molecule has 0 aromatic heterocycles. The van der Waals surface area contributed by atoms with Gasteiger partial charge in [0.15, 0.2) is 5.96 Å². The highest BCUT2D eigenvalue weighted by molar-refractivity contribution is 5.97. The average Bonchev–Trinajstić information content (AvgIpc) is 3.69. The molecule has 0 saturated carbocycles. The second-order valence-electron chi connectivity index (χ2n) is 15.9. The van der Waals surface area contributed by atoms with E-state index in [2.05, 4.69) is 42.2 Å². The highest BCUT2D eigenvalue weighted by atomic mass is 16.4. The normalized spacial score (nSPS) is 18.1. The maximum atomic E-state index is 13.9. The Labute approximate surface area is 336 Å². The van der Waals surface area contributed by atoms with Crippen molar-refractivity contribution in [3.63, 3.8) is 0 Å². The number of carboxylic acid groups (broad SMARTS) is 1. The zero-order valence-electron chi connectivity index (χ0n) is 35.0. The van der Waals surface area contributed by atoms with Crippen LogP contribution < -0.4 is 48.7 Å². The number of nitrogens with zero attached hydrogens (tertiary/aromatic N) is 1. The van der Waals surface area contributed by atoms with E-state index >= 15 is 0 Å². The number of amides is 6. The second-order valence-corrected chi connectivity index (χ2v) is 15.9. The monoisotopic (exact) mass is 811 g/mol. The largest absolute Gasteiger partial charge is 0.480 e. The Morgan fingerprint density at radius 1 is 0.684 bits per heavy atom. The molecule has 1 aliphatic rings. The molecule has 19 nitrogen and oxygen atoms in total. The third-order valence-electron chi connectivity index (χ3n) is 10.0. The topological polar surface area (TPSA) is 309 Å². The maximum Gasteiger partial charge on any atom is 0.326 e. The Morgan fingerprint density at radius 3 is 1.65 bits per heavy atom. The molecule has 0 aromatic carbocycles. The molecule has 0 aromatic rings. The number of aliphatic carboxylic acids is 1. The lowest BCUT2D eigenvalue weighted by molar-refractivity contribution is -0.144. The number of aliphatic hydroxyl groups is 1. The van der Waals surface area contributed by atoms with Gasteiger partial charge in [0.05, 0.1) is 12.6 Å². The molecule has 0 spiro atoms. The second kappa shape index (κ2) is 25.7. The van der Waals surface area contributed by atoms with Gasteiger partial charge >= 0.3 is 5.97 Å². The summed E-state index contributed by atoms with van der Waals surface area (Å²) in [5, 5.41) is 38.8. The summed E-state index contributed by atoms with van der Waals surface area (Å²) in [5.74, 6) is -6.33. The van der Waals surface area contributed by atoms with Gasteiger partial charge in [-0.2, -0.15) is 0 Å². The molecule has 1 saturated heterocycles. The summed E-state index contributed by atoms with van der Waals surface area (Å²) in [5.41, 5.74) is 10.8. The van der Waals surface area contributed by atoms with Gasteiger partial charge in [-0.3, -0.25) is 33.8 Å². The molecule has 13 N–H and O–H groups in total. The lowest BCUT2D eigenvalue weighted by Gasteiger charge is -2.30. The minimum absolute atomic E-state index is 0.0127. The average molecular weight is 811 g/mol. The Balaban J connectivity index is 3.24. The molecule has 6 amide bonds. The van der Waals surface area contributed by atoms with Gasteiger partial charge in [-0.1, -0.05) is 68.2 Å². The number of carbonyl (C=O) groups is 7.